The highest BCUT2D eigenvalue weighted by Gasteiger charge is 2.29. The van der Waals surface area contributed by atoms with Crippen LogP contribution in [0.4, 0.5) is 0 Å². The first-order valence-electron chi connectivity index (χ1n) is 7.19. The van der Waals surface area contributed by atoms with Crippen molar-refractivity contribution >= 4 is 11.9 Å². The number of hydroxylamine groups is 2. The SMILES string of the molecule is CC(C)(C)C(=O)ON1CCN(C(=O)c2ccccc2)CC1. The molecular formula is C16H22N2O3. The fraction of sp³-hybridized carbons (Fsp3) is 0.500. The maximum absolute atomic E-state index is 12.3. The third-order valence-corrected chi connectivity index (χ3v) is 3.37. The topological polar surface area (TPSA) is 49.9 Å². The van der Waals surface area contributed by atoms with Gasteiger partial charge in [0.05, 0.1) is 18.5 Å². The van der Waals surface area contributed by atoms with Crippen LogP contribution in [0.5, 0.6) is 0 Å². The molecule has 21 heavy (non-hydrogen) atoms. The van der Waals surface area contributed by atoms with E-state index in [1.54, 1.807) is 9.96 Å². The van der Waals surface area contributed by atoms with E-state index in [4.69, 9.17) is 4.84 Å². The van der Waals surface area contributed by atoms with E-state index in [-0.39, 0.29) is 11.9 Å². The van der Waals surface area contributed by atoms with Gasteiger partial charge in [-0.3, -0.25) is 4.79 Å². The third-order valence-electron chi connectivity index (χ3n) is 3.37. The van der Waals surface area contributed by atoms with E-state index in [2.05, 4.69) is 0 Å². The Kier molecular flexibility index (Phi) is 4.63. The van der Waals surface area contributed by atoms with Gasteiger partial charge in [-0.1, -0.05) is 18.2 Å². The molecule has 0 aliphatic carbocycles. The molecule has 0 bridgehead atoms. The second kappa shape index (κ2) is 6.26. The highest BCUT2D eigenvalue weighted by Crippen LogP contribution is 2.17. The fourth-order valence-electron chi connectivity index (χ4n) is 2.00. The Labute approximate surface area is 125 Å². The Bertz CT molecular complexity index is 500. The van der Waals surface area contributed by atoms with Crippen LogP contribution in [0, 0.1) is 5.41 Å². The summed E-state index contributed by atoms with van der Waals surface area (Å²) in [6.45, 7) is 7.68. The minimum Gasteiger partial charge on any atom is -0.367 e. The summed E-state index contributed by atoms with van der Waals surface area (Å²) in [5.41, 5.74) is 0.175. The molecule has 1 aromatic rings. The van der Waals surface area contributed by atoms with Gasteiger partial charge < -0.3 is 9.74 Å². The molecule has 1 aliphatic heterocycles. The largest absolute Gasteiger partial charge is 0.367 e. The zero-order valence-electron chi connectivity index (χ0n) is 12.8. The molecule has 1 amide bonds. The van der Waals surface area contributed by atoms with Crippen molar-refractivity contribution in [1.29, 1.82) is 0 Å². The maximum Gasteiger partial charge on any atom is 0.330 e. The first-order chi connectivity index (χ1) is 9.88. The summed E-state index contributed by atoms with van der Waals surface area (Å²) in [4.78, 5) is 31.2. The number of carbonyl (C=O) groups excluding carboxylic acids is 2. The first kappa shape index (κ1) is 15.5. The Morgan fingerprint density at radius 3 is 2.10 bits per heavy atom. The summed E-state index contributed by atoms with van der Waals surface area (Å²) in [6.07, 6.45) is 0. The van der Waals surface area contributed by atoms with Gasteiger partial charge in [0.2, 0.25) is 0 Å². The molecule has 1 aliphatic rings. The Morgan fingerprint density at radius 2 is 1.57 bits per heavy atom. The molecule has 5 nitrogen and oxygen atoms in total. The molecule has 5 heteroatoms. The van der Waals surface area contributed by atoms with E-state index in [1.807, 2.05) is 51.1 Å². The van der Waals surface area contributed by atoms with Crippen LogP contribution >= 0.6 is 0 Å². The number of hydrogen-bond donors (Lipinski definition) is 0. The maximum atomic E-state index is 12.3. The Morgan fingerprint density at radius 1 is 1.00 bits per heavy atom. The summed E-state index contributed by atoms with van der Waals surface area (Å²) in [6, 6.07) is 9.23. The number of rotatable bonds is 2. The molecule has 0 unspecified atom stereocenters. The van der Waals surface area contributed by atoms with Crippen molar-refractivity contribution in [1.82, 2.24) is 9.96 Å². The van der Waals surface area contributed by atoms with Crippen molar-refractivity contribution in [2.75, 3.05) is 26.2 Å². The molecule has 0 atom stereocenters. The Balaban J connectivity index is 1.86. The zero-order chi connectivity index (χ0) is 15.5. The average Bonchev–Trinajstić information content (AvgIpc) is 2.47. The monoisotopic (exact) mass is 290 g/mol. The van der Waals surface area contributed by atoms with E-state index >= 15 is 0 Å². The molecule has 1 aromatic carbocycles. The van der Waals surface area contributed by atoms with Gasteiger partial charge in [0, 0.05) is 18.7 Å². The molecule has 114 valence electrons. The smallest absolute Gasteiger partial charge is 0.330 e. The molecule has 0 aromatic heterocycles. The van der Waals surface area contributed by atoms with Gasteiger partial charge in [0.15, 0.2) is 0 Å². The quantitative estimate of drug-likeness (QED) is 0.835. The molecule has 1 heterocycles. The lowest BCUT2D eigenvalue weighted by Crippen LogP contribution is -2.49. The van der Waals surface area contributed by atoms with Crippen molar-refractivity contribution in [2.45, 2.75) is 20.8 Å². The van der Waals surface area contributed by atoms with Crippen molar-refractivity contribution in [3.63, 3.8) is 0 Å². The lowest BCUT2D eigenvalue weighted by atomic mass is 9.98. The second-order valence-electron chi connectivity index (χ2n) is 6.22. The van der Waals surface area contributed by atoms with Crippen molar-refractivity contribution in [3.05, 3.63) is 35.9 Å². The van der Waals surface area contributed by atoms with Gasteiger partial charge >= 0.3 is 5.97 Å². The molecule has 0 N–H and O–H groups in total. The molecular weight excluding hydrogens is 268 g/mol. The van der Waals surface area contributed by atoms with E-state index in [0.29, 0.717) is 31.7 Å². The highest BCUT2D eigenvalue weighted by atomic mass is 16.7. The van der Waals surface area contributed by atoms with E-state index in [0.717, 1.165) is 0 Å². The normalized spacial score (nSPS) is 16.6. The van der Waals surface area contributed by atoms with Crippen LogP contribution in [0.1, 0.15) is 31.1 Å². The molecule has 0 spiro atoms. The number of benzene rings is 1. The molecule has 0 radical (unpaired) electrons. The van der Waals surface area contributed by atoms with Crippen molar-refractivity contribution in [3.8, 4) is 0 Å². The summed E-state index contributed by atoms with van der Waals surface area (Å²) in [5.74, 6) is -0.220. The number of nitrogens with zero attached hydrogens (tertiary/aromatic N) is 2. The first-order valence-corrected chi connectivity index (χ1v) is 7.19. The van der Waals surface area contributed by atoms with Crippen LogP contribution < -0.4 is 0 Å². The van der Waals surface area contributed by atoms with Crippen LogP contribution in [0.2, 0.25) is 0 Å². The van der Waals surface area contributed by atoms with Crippen LogP contribution in [0.3, 0.4) is 0 Å². The second-order valence-corrected chi connectivity index (χ2v) is 6.22. The summed E-state index contributed by atoms with van der Waals surface area (Å²) >= 11 is 0. The highest BCUT2D eigenvalue weighted by molar-refractivity contribution is 5.94. The van der Waals surface area contributed by atoms with Gasteiger partial charge in [-0.25, -0.2) is 4.79 Å². The van der Waals surface area contributed by atoms with Crippen molar-refractivity contribution < 1.29 is 14.4 Å². The lowest BCUT2D eigenvalue weighted by molar-refractivity contribution is -0.205. The zero-order valence-corrected chi connectivity index (χ0v) is 12.8. The average molecular weight is 290 g/mol. The summed E-state index contributed by atoms with van der Waals surface area (Å²) in [7, 11) is 0. The van der Waals surface area contributed by atoms with E-state index in [9.17, 15) is 9.59 Å². The summed E-state index contributed by atoms with van der Waals surface area (Å²) in [5, 5.41) is 1.64. The Hall–Kier alpha value is -1.88. The van der Waals surface area contributed by atoms with Gasteiger partial charge in [-0.2, -0.15) is 0 Å². The van der Waals surface area contributed by atoms with E-state index in [1.165, 1.54) is 0 Å². The number of piperazine rings is 1. The minimum atomic E-state index is -0.517. The minimum absolute atomic E-state index is 0.0254. The molecule has 2 rings (SSSR count). The van der Waals surface area contributed by atoms with Crippen LogP contribution in [-0.4, -0.2) is 48.0 Å². The standard InChI is InChI=1S/C16H22N2O3/c1-16(2,3)15(20)21-18-11-9-17(10-12-18)14(19)13-7-5-4-6-8-13/h4-8H,9-12H2,1-3H3. The van der Waals surface area contributed by atoms with Gasteiger partial charge in [-0.05, 0) is 32.9 Å². The third kappa shape index (κ3) is 4.04. The van der Waals surface area contributed by atoms with Crippen molar-refractivity contribution in [2.24, 2.45) is 5.41 Å². The van der Waals surface area contributed by atoms with Gasteiger partial charge in [0.25, 0.3) is 5.91 Å². The number of amides is 1. The van der Waals surface area contributed by atoms with E-state index < -0.39 is 5.41 Å². The number of carbonyl (C=O) groups is 2. The van der Waals surface area contributed by atoms with Gasteiger partial charge in [-0.15, -0.1) is 5.06 Å². The molecule has 1 fully saturated rings. The summed E-state index contributed by atoms with van der Waals surface area (Å²) < 4.78 is 0. The van der Waals surface area contributed by atoms with Gasteiger partial charge in [0.1, 0.15) is 0 Å². The molecule has 0 saturated carbocycles. The van der Waals surface area contributed by atoms with Crippen LogP contribution in [0.15, 0.2) is 30.3 Å². The number of hydrogen-bond acceptors (Lipinski definition) is 4. The predicted octanol–water partition coefficient (Wildman–Crippen LogP) is 1.95. The molecule has 1 saturated heterocycles. The predicted molar refractivity (Wildman–Crippen MR) is 79.5 cm³/mol. The van der Waals surface area contributed by atoms with Crippen LogP contribution in [-0.2, 0) is 9.63 Å². The van der Waals surface area contributed by atoms with Crippen LogP contribution in [0.25, 0.3) is 0 Å². The fourth-order valence-corrected chi connectivity index (χ4v) is 2.00. The lowest BCUT2D eigenvalue weighted by Gasteiger charge is -2.34.